The lowest BCUT2D eigenvalue weighted by atomic mass is 10.4. The smallest absolute Gasteiger partial charge is 0.355 e. The molecule has 0 bridgehead atoms. The van der Waals surface area contributed by atoms with Gasteiger partial charge in [-0.3, -0.25) is 4.79 Å². The molecule has 0 saturated carbocycles. The van der Waals surface area contributed by atoms with E-state index >= 15 is 0 Å². The van der Waals surface area contributed by atoms with Crippen LogP contribution in [0.3, 0.4) is 0 Å². The Balaban J connectivity index is 2.69. The number of nitrogen functional groups attached to an aromatic ring is 1. The first-order valence-corrected chi connectivity index (χ1v) is 5.78. The Kier molecular flexibility index (Phi) is 4.76. The van der Waals surface area contributed by atoms with Crippen LogP contribution in [0.15, 0.2) is 12.3 Å². The first-order valence-electron chi connectivity index (χ1n) is 5.78. The molecular formula is C12H19N3O3. The number of rotatable bonds is 5. The lowest BCUT2D eigenvalue weighted by Crippen LogP contribution is -2.28. The molecule has 0 fully saturated rings. The standard InChI is InChI=1S/C12H19N3O3/c1-4-5-15-7-9(13)6-10(15)12(17)18-8-11(16)14(2)3/h6-7H,4-5,8,13H2,1-3H3. The molecule has 0 aliphatic carbocycles. The average molecular weight is 253 g/mol. The van der Waals surface area contributed by atoms with Crippen molar-refractivity contribution in [1.82, 2.24) is 9.47 Å². The van der Waals surface area contributed by atoms with Crippen molar-refractivity contribution < 1.29 is 14.3 Å². The molecule has 100 valence electrons. The lowest BCUT2D eigenvalue weighted by molar-refractivity contribution is -0.131. The predicted molar refractivity (Wildman–Crippen MR) is 68.1 cm³/mol. The first kappa shape index (κ1) is 14.1. The third-order valence-corrected chi connectivity index (χ3v) is 2.42. The Morgan fingerprint density at radius 2 is 2.11 bits per heavy atom. The number of ether oxygens (including phenoxy) is 1. The molecule has 6 nitrogen and oxygen atoms in total. The van der Waals surface area contributed by atoms with Crippen LogP contribution in [0.2, 0.25) is 0 Å². The van der Waals surface area contributed by atoms with Gasteiger partial charge in [-0.1, -0.05) is 6.92 Å². The van der Waals surface area contributed by atoms with Gasteiger partial charge in [0.25, 0.3) is 5.91 Å². The molecule has 0 aromatic carbocycles. The summed E-state index contributed by atoms with van der Waals surface area (Å²) in [5, 5.41) is 0. The Morgan fingerprint density at radius 3 is 2.67 bits per heavy atom. The van der Waals surface area contributed by atoms with Crippen LogP contribution in [0.25, 0.3) is 0 Å². The van der Waals surface area contributed by atoms with E-state index in [0.717, 1.165) is 6.42 Å². The summed E-state index contributed by atoms with van der Waals surface area (Å²) in [5.41, 5.74) is 6.53. The second-order valence-electron chi connectivity index (χ2n) is 4.22. The third kappa shape index (κ3) is 3.51. The number of carbonyl (C=O) groups excluding carboxylic acids is 2. The number of hydrogen-bond donors (Lipinski definition) is 1. The number of nitrogens with zero attached hydrogens (tertiary/aromatic N) is 2. The van der Waals surface area contributed by atoms with Gasteiger partial charge in [0.05, 0.1) is 5.69 Å². The van der Waals surface area contributed by atoms with E-state index in [0.29, 0.717) is 17.9 Å². The van der Waals surface area contributed by atoms with E-state index in [9.17, 15) is 9.59 Å². The summed E-state index contributed by atoms with van der Waals surface area (Å²) >= 11 is 0. The van der Waals surface area contributed by atoms with E-state index < -0.39 is 5.97 Å². The Labute approximate surface area is 106 Å². The van der Waals surface area contributed by atoms with Gasteiger partial charge >= 0.3 is 5.97 Å². The van der Waals surface area contributed by atoms with Crippen LogP contribution < -0.4 is 5.73 Å². The highest BCUT2D eigenvalue weighted by molar-refractivity contribution is 5.91. The SMILES string of the molecule is CCCn1cc(N)cc1C(=O)OCC(=O)N(C)C. The van der Waals surface area contributed by atoms with Crippen molar-refractivity contribution in [3.8, 4) is 0 Å². The number of aryl methyl sites for hydroxylation is 1. The highest BCUT2D eigenvalue weighted by Crippen LogP contribution is 2.12. The van der Waals surface area contributed by atoms with E-state index in [1.165, 1.54) is 4.90 Å². The van der Waals surface area contributed by atoms with Crippen molar-refractivity contribution in [3.05, 3.63) is 18.0 Å². The molecule has 18 heavy (non-hydrogen) atoms. The number of amides is 1. The predicted octanol–water partition coefficient (Wildman–Crippen LogP) is 0.725. The average Bonchev–Trinajstić information content (AvgIpc) is 2.67. The van der Waals surface area contributed by atoms with Crippen molar-refractivity contribution in [2.75, 3.05) is 26.4 Å². The fourth-order valence-corrected chi connectivity index (χ4v) is 1.46. The minimum absolute atomic E-state index is 0.259. The molecule has 0 unspecified atom stereocenters. The zero-order chi connectivity index (χ0) is 13.7. The molecule has 1 rings (SSSR count). The van der Waals surface area contributed by atoms with Crippen LogP contribution in [0.5, 0.6) is 0 Å². The number of hydrogen-bond acceptors (Lipinski definition) is 4. The second kappa shape index (κ2) is 6.09. The topological polar surface area (TPSA) is 77.6 Å². The largest absolute Gasteiger partial charge is 0.451 e. The van der Waals surface area contributed by atoms with E-state index in [4.69, 9.17) is 10.5 Å². The summed E-state index contributed by atoms with van der Waals surface area (Å²) in [7, 11) is 3.21. The van der Waals surface area contributed by atoms with Crippen LogP contribution in [0.1, 0.15) is 23.8 Å². The van der Waals surface area contributed by atoms with Gasteiger partial charge in [-0.15, -0.1) is 0 Å². The number of anilines is 1. The maximum Gasteiger partial charge on any atom is 0.355 e. The maximum atomic E-state index is 11.8. The summed E-state index contributed by atoms with van der Waals surface area (Å²) in [6, 6.07) is 1.55. The molecule has 1 heterocycles. The van der Waals surface area contributed by atoms with E-state index in [1.54, 1.807) is 30.9 Å². The molecule has 0 aliphatic heterocycles. The fourth-order valence-electron chi connectivity index (χ4n) is 1.46. The molecule has 1 amide bonds. The second-order valence-corrected chi connectivity index (χ2v) is 4.22. The molecule has 0 aliphatic rings. The summed E-state index contributed by atoms with van der Waals surface area (Å²) in [4.78, 5) is 24.5. The van der Waals surface area contributed by atoms with E-state index in [2.05, 4.69) is 0 Å². The van der Waals surface area contributed by atoms with E-state index in [1.807, 2.05) is 6.92 Å². The highest BCUT2D eigenvalue weighted by atomic mass is 16.5. The zero-order valence-electron chi connectivity index (χ0n) is 11.0. The van der Waals surface area contributed by atoms with E-state index in [-0.39, 0.29) is 12.5 Å². The van der Waals surface area contributed by atoms with Gasteiger partial charge in [0, 0.05) is 26.8 Å². The van der Waals surface area contributed by atoms with Crippen molar-refractivity contribution in [2.24, 2.45) is 0 Å². The molecule has 6 heteroatoms. The van der Waals surface area contributed by atoms with Crippen LogP contribution in [-0.2, 0) is 16.1 Å². The fraction of sp³-hybridized carbons (Fsp3) is 0.500. The summed E-state index contributed by atoms with van der Waals surface area (Å²) in [6.45, 7) is 2.42. The van der Waals surface area contributed by atoms with Crippen LogP contribution in [-0.4, -0.2) is 42.0 Å². The number of nitrogens with two attached hydrogens (primary N) is 1. The molecule has 0 atom stereocenters. The lowest BCUT2D eigenvalue weighted by Gasteiger charge is -2.11. The third-order valence-electron chi connectivity index (χ3n) is 2.42. The van der Waals surface area contributed by atoms with Gasteiger partial charge in [0.15, 0.2) is 6.61 Å². The Morgan fingerprint density at radius 1 is 1.44 bits per heavy atom. The number of likely N-dealkylation sites (N-methyl/N-ethyl adjacent to an activating group) is 1. The quantitative estimate of drug-likeness (QED) is 0.784. The summed E-state index contributed by atoms with van der Waals surface area (Å²) in [6.07, 6.45) is 2.57. The van der Waals surface area contributed by atoms with Gasteiger partial charge in [0.1, 0.15) is 5.69 Å². The molecule has 2 N–H and O–H groups in total. The normalized spacial score (nSPS) is 10.2. The Bertz CT molecular complexity index is 438. The van der Waals surface area contributed by atoms with Crippen molar-refractivity contribution >= 4 is 17.6 Å². The molecular weight excluding hydrogens is 234 g/mol. The van der Waals surface area contributed by atoms with Crippen molar-refractivity contribution in [1.29, 1.82) is 0 Å². The van der Waals surface area contributed by atoms with Gasteiger partial charge in [-0.2, -0.15) is 0 Å². The summed E-state index contributed by atoms with van der Waals surface area (Å²) in [5.74, 6) is -0.791. The minimum atomic E-state index is -0.532. The zero-order valence-corrected chi connectivity index (χ0v) is 11.0. The van der Waals surface area contributed by atoms with Crippen molar-refractivity contribution in [2.45, 2.75) is 19.9 Å². The van der Waals surface area contributed by atoms with Crippen LogP contribution >= 0.6 is 0 Å². The van der Waals surface area contributed by atoms with Gasteiger partial charge in [-0.05, 0) is 12.5 Å². The first-order chi connectivity index (χ1) is 8.45. The van der Waals surface area contributed by atoms with Crippen molar-refractivity contribution in [3.63, 3.8) is 0 Å². The number of aromatic nitrogens is 1. The molecule has 0 saturated heterocycles. The number of carbonyl (C=O) groups is 2. The highest BCUT2D eigenvalue weighted by Gasteiger charge is 2.16. The maximum absolute atomic E-state index is 11.8. The molecule has 1 aromatic rings. The molecule has 0 spiro atoms. The number of esters is 1. The van der Waals surface area contributed by atoms with Crippen LogP contribution in [0.4, 0.5) is 5.69 Å². The van der Waals surface area contributed by atoms with Gasteiger partial charge in [-0.25, -0.2) is 4.79 Å². The van der Waals surface area contributed by atoms with Gasteiger partial charge < -0.3 is 19.9 Å². The minimum Gasteiger partial charge on any atom is -0.451 e. The Hall–Kier alpha value is -1.98. The molecule has 0 radical (unpaired) electrons. The van der Waals surface area contributed by atoms with Crippen LogP contribution in [0, 0.1) is 0 Å². The van der Waals surface area contributed by atoms with Gasteiger partial charge in [0.2, 0.25) is 0 Å². The summed E-state index contributed by atoms with van der Waals surface area (Å²) < 4.78 is 6.68. The molecule has 1 aromatic heterocycles. The monoisotopic (exact) mass is 253 g/mol.